The largest absolute Gasteiger partial charge is 0.490 e. The van der Waals surface area contributed by atoms with Crippen LogP contribution in [-0.4, -0.2) is 30.6 Å². The molecule has 0 aliphatic rings. The van der Waals surface area contributed by atoms with Gasteiger partial charge in [0.25, 0.3) is 0 Å². The molecule has 5 nitrogen and oxygen atoms in total. The highest BCUT2D eigenvalue weighted by molar-refractivity contribution is 8.13. The van der Waals surface area contributed by atoms with Crippen LogP contribution >= 0.6 is 10.7 Å². The Kier molecular flexibility index (Phi) is 5.47. The van der Waals surface area contributed by atoms with Crippen LogP contribution in [0.3, 0.4) is 0 Å². The maximum Gasteiger partial charge on any atom is 0.232 e. The molecule has 7 heteroatoms. The fourth-order valence-corrected chi connectivity index (χ4v) is 2.57. The number of unbranched alkanes of at least 4 members (excludes halogenated alkanes) is 2. The van der Waals surface area contributed by atoms with Gasteiger partial charge < -0.3 is 4.74 Å². The predicted octanol–water partition coefficient (Wildman–Crippen LogP) is 2.15. The van der Waals surface area contributed by atoms with Gasteiger partial charge in [-0.2, -0.15) is 5.10 Å². The Balaban J connectivity index is 2.26. The first-order valence-corrected chi connectivity index (χ1v) is 8.34. The zero-order chi connectivity index (χ0) is 13.8. The molecule has 0 aliphatic carbocycles. The number of nitrogens with zero attached hydrogens (tertiary/aromatic N) is 2. The van der Waals surface area contributed by atoms with Gasteiger partial charge in [-0.25, -0.2) is 8.42 Å². The Morgan fingerprint density at radius 2 is 1.94 bits per heavy atom. The summed E-state index contributed by atoms with van der Waals surface area (Å²) in [5, 5.41) is 4.25. The third-order valence-electron chi connectivity index (χ3n) is 2.72. The van der Waals surface area contributed by atoms with E-state index < -0.39 is 9.05 Å². The molecule has 0 radical (unpaired) electrons. The fourth-order valence-electron chi connectivity index (χ4n) is 1.69. The van der Waals surface area contributed by atoms with E-state index in [1.54, 1.807) is 4.68 Å². The van der Waals surface area contributed by atoms with Gasteiger partial charge in [-0.15, -0.1) is 0 Å². The number of aryl methyl sites for hydroxylation is 2. The third kappa shape index (κ3) is 4.86. The molecule has 1 aromatic heterocycles. The zero-order valence-electron chi connectivity index (χ0n) is 10.9. The van der Waals surface area contributed by atoms with Crippen molar-refractivity contribution in [3.63, 3.8) is 0 Å². The monoisotopic (exact) mass is 294 g/mol. The number of halogens is 1. The molecule has 0 atom stereocenters. The lowest BCUT2D eigenvalue weighted by atomic mass is 10.2. The summed E-state index contributed by atoms with van der Waals surface area (Å²) >= 11 is 0. The van der Waals surface area contributed by atoms with Crippen LogP contribution in [0.15, 0.2) is 0 Å². The van der Waals surface area contributed by atoms with Crippen molar-refractivity contribution in [2.75, 3.05) is 12.4 Å². The summed E-state index contributed by atoms with van der Waals surface area (Å²) in [6, 6.07) is 0. The SMILES string of the molecule is Cc1nn(C)c(C)c1OCCCCCS(=O)(=O)Cl. The van der Waals surface area contributed by atoms with Gasteiger partial charge in [0.2, 0.25) is 9.05 Å². The summed E-state index contributed by atoms with van der Waals surface area (Å²) < 4.78 is 28.8. The molecule has 1 heterocycles. The summed E-state index contributed by atoms with van der Waals surface area (Å²) in [6.07, 6.45) is 2.16. The van der Waals surface area contributed by atoms with Crippen molar-refractivity contribution in [2.45, 2.75) is 33.1 Å². The van der Waals surface area contributed by atoms with Gasteiger partial charge in [-0.3, -0.25) is 4.68 Å². The van der Waals surface area contributed by atoms with Crippen LogP contribution in [0.25, 0.3) is 0 Å². The molecule has 1 aromatic rings. The first-order valence-electron chi connectivity index (χ1n) is 5.86. The molecule has 1 rings (SSSR count). The van der Waals surface area contributed by atoms with Crippen LogP contribution in [-0.2, 0) is 16.1 Å². The van der Waals surface area contributed by atoms with E-state index in [0.29, 0.717) is 13.0 Å². The van der Waals surface area contributed by atoms with Crippen molar-refractivity contribution in [1.82, 2.24) is 9.78 Å². The highest BCUT2D eigenvalue weighted by Crippen LogP contribution is 2.21. The molecule has 0 saturated carbocycles. The van der Waals surface area contributed by atoms with E-state index in [4.69, 9.17) is 15.4 Å². The molecule has 0 aromatic carbocycles. The molecule has 0 unspecified atom stereocenters. The second kappa shape index (κ2) is 6.43. The number of ether oxygens (including phenoxy) is 1. The van der Waals surface area contributed by atoms with E-state index in [1.807, 2.05) is 20.9 Å². The van der Waals surface area contributed by atoms with E-state index in [9.17, 15) is 8.42 Å². The van der Waals surface area contributed by atoms with Crippen LogP contribution in [0.2, 0.25) is 0 Å². The molecule has 0 N–H and O–H groups in total. The van der Waals surface area contributed by atoms with Crippen molar-refractivity contribution in [1.29, 1.82) is 0 Å². The number of hydrogen-bond donors (Lipinski definition) is 0. The summed E-state index contributed by atoms with van der Waals surface area (Å²) in [7, 11) is 3.64. The van der Waals surface area contributed by atoms with Gasteiger partial charge >= 0.3 is 0 Å². The van der Waals surface area contributed by atoms with Gasteiger partial charge in [0, 0.05) is 17.7 Å². The zero-order valence-corrected chi connectivity index (χ0v) is 12.5. The Morgan fingerprint density at radius 3 is 2.44 bits per heavy atom. The average Bonchev–Trinajstić information content (AvgIpc) is 2.47. The molecular weight excluding hydrogens is 276 g/mol. The molecule has 18 heavy (non-hydrogen) atoms. The number of hydrogen-bond acceptors (Lipinski definition) is 4. The minimum absolute atomic E-state index is 0.0273. The van der Waals surface area contributed by atoms with E-state index in [2.05, 4.69) is 5.10 Å². The van der Waals surface area contributed by atoms with Gasteiger partial charge in [0.05, 0.1) is 18.1 Å². The number of rotatable bonds is 7. The van der Waals surface area contributed by atoms with E-state index >= 15 is 0 Å². The average molecular weight is 295 g/mol. The third-order valence-corrected chi connectivity index (χ3v) is 3.96. The standard InChI is InChI=1S/C11H19ClN2O3S/c1-9-11(10(2)14(3)13-9)17-7-5-4-6-8-18(12,15)16/h4-8H2,1-3H3. The van der Waals surface area contributed by atoms with Crippen LogP contribution in [0, 0.1) is 13.8 Å². The topological polar surface area (TPSA) is 61.2 Å². The second-order valence-electron chi connectivity index (χ2n) is 4.28. The van der Waals surface area contributed by atoms with Crippen LogP contribution < -0.4 is 4.74 Å². The molecule has 0 spiro atoms. The minimum atomic E-state index is -3.36. The fraction of sp³-hybridized carbons (Fsp3) is 0.727. The van der Waals surface area contributed by atoms with Crippen LogP contribution in [0.1, 0.15) is 30.7 Å². The van der Waals surface area contributed by atoms with Crippen LogP contribution in [0.4, 0.5) is 0 Å². The highest BCUT2D eigenvalue weighted by atomic mass is 35.7. The molecule has 0 aliphatic heterocycles. The normalized spacial score (nSPS) is 11.8. The van der Waals surface area contributed by atoms with E-state index in [1.165, 1.54) is 0 Å². The molecule has 0 saturated heterocycles. The summed E-state index contributed by atoms with van der Waals surface area (Å²) in [5.41, 5.74) is 1.87. The Labute approximate surface area is 113 Å². The molecule has 0 fully saturated rings. The molecule has 0 bridgehead atoms. The van der Waals surface area contributed by atoms with Gasteiger partial charge in [0.15, 0.2) is 5.75 Å². The molecule has 0 amide bonds. The Bertz CT molecular complexity index is 497. The van der Waals surface area contributed by atoms with Gasteiger partial charge in [0.1, 0.15) is 5.69 Å². The summed E-state index contributed by atoms with van der Waals surface area (Å²) in [5.74, 6) is 0.849. The predicted molar refractivity (Wildman–Crippen MR) is 71.7 cm³/mol. The van der Waals surface area contributed by atoms with Crippen molar-refractivity contribution in [3.05, 3.63) is 11.4 Å². The Morgan fingerprint density at radius 1 is 1.28 bits per heavy atom. The lowest BCUT2D eigenvalue weighted by Gasteiger charge is -2.06. The maximum absolute atomic E-state index is 10.7. The van der Waals surface area contributed by atoms with Crippen molar-refractivity contribution in [3.8, 4) is 5.75 Å². The van der Waals surface area contributed by atoms with Crippen LogP contribution in [0.5, 0.6) is 5.75 Å². The highest BCUT2D eigenvalue weighted by Gasteiger charge is 2.10. The van der Waals surface area contributed by atoms with E-state index in [0.717, 1.165) is 30.0 Å². The second-order valence-corrected chi connectivity index (χ2v) is 7.17. The van der Waals surface area contributed by atoms with Crippen molar-refractivity contribution in [2.24, 2.45) is 7.05 Å². The molecule has 104 valence electrons. The smallest absolute Gasteiger partial charge is 0.232 e. The lowest BCUT2D eigenvalue weighted by molar-refractivity contribution is 0.302. The Hall–Kier alpha value is -0.750. The maximum atomic E-state index is 10.7. The van der Waals surface area contributed by atoms with Crippen molar-refractivity contribution >= 4 is 19.7 Å². The quantitative estimate of drug-likeness (QED) is 0.571. The van der Waals surface area contributed by atoms with Gasteiger partial charge in [-0.1, -0.05) is 0 Å². The molecular formula is C11H19ClN2O3S. The first kappa shape index (κ1) is 15.3. The van der Waals surface area contributed by atoms with Gasteiger partial charge in [-0.05, 0) is 33.1 Å². The first-order chi connectivity index (χ1) is 8.31. The summed E-state index contributed by atoms with van der Waals surface area (Å²) in [6.45, 7) is 4.42. The van der Waals surface area contributed by atoms with E-state index in [-0.39, 0.29) is 5.75 Å². The lowest BCUT2D eigenvalue weighted by Crippen LogP contribution is -2.02. The minimum Gasteiger partial charge on any atom is -0.490 e. The van der Waals surface area contributed by atoms with Crippen molar-refractivity contribution < 1.29 is 13.2 Å². The summed E-state index contributed by atoms with van der Waals surface area (Å²) in [4.78, 5) is 0. The number of aromatic nitrogens is 2.